The highest BCUT2D eigenvalue weighted by Gasteiger charge is 2.21. The lowest BCUT2D eigenvalue weighted by molar-refractivity contribution is 0.111. The van der Waals surface area contributed by atoms with Crippen LogP contribution in [0, 0.1) is 0 Å². The summed E-state index contributed by atoms with van der Waals surface area (Å²) in [6, 6.07) is 0. The zero-order valence-electron chi connectivity index (χ0n) is 10.3. The van der Waals surface area contributed by atoms with Gasteiger partial charge >= 0.3 is 0 Å². The predicted molar refractivity (Wildman–Crippen MR) is 69.3 cm³/mol. The molecule has 1 saturated heterocycles. The molecule has 2 heterocycles. The topological polar surface area (TPSA) is 55.3 Å². The molecule has 0 amide bonds. The molecule has 1 aromatic heterocycles. The molecule has 5 nitrogen and oxygen atoms in total. The lowest BCUT2D eigenvalue weighted by Crippen LogP contribution is -2.33. The SMILES string of the molecule is CCN(CC1CCCO1)c1ncnc(Cl)c1C=O. The fourth-order valence-electron chi connectivity index (χ4n) is 2.12. The maximum Gasteiger partial charge on any atom is 0.156 e. The Balaban J connectivity index is 2.20. The van der Waals surface area contributed by atoms with Crippen LogP contribution >= 0.6 is 11.6 Å². The molecule has 1 atom stereocenters. The molecule has 0 radical (unpaired) electrons. The van der Waals surface area contributed by atoms with E-state index in [1.54, 1.807) is 0 Å². The normalized spacial score (nSPS) is 18.9. The first-order valence-electron chi connectivity index (χ1n) is 6.08. The van der Waals surface area contributed by atoms with Crippen LogP contribution in [0.25, 0.3) is 0 Å². The molecule has 0 aromatic carbocycles. The molecule has 0 aliphatic carbocycles. The van der Waals surface area contributed by atoms with Gasteiger partial charge in [0.2, 0.25) is 0 Å². The van der Waals surface area contributed by atoms with Crippen LogP contribution in [-0.2, 0) is 4.74 Å². The summed E-state index contributed by atoms with van der Waals surface area (Å²) in [4.78, 5) is 21.1. The van der Waals surface area contributed by atoms with Crippen LogP contribution in [0.5, 0.6) is 0 Å². The largest absolute Gasteiger partial charge is 0.376 e. The molecule has 0 spiro atoms. The third kappa shape index (κ3) is 2.79. The van der Waals surface area contributed by atoms with Crippen LogP contribution in [0.3, 0.4) is 0 Å². The zero-order valence-corrected chi connectivity index (χ0v) is 11.1. The first kappa shape index (κ1) is 13.2. The van der Waals surface area contributed by atoms with Crippen molar-refractivity contribution in [3.05, 3.63) is 17.0 Å². The average molecular weight is 270 g/mol. The summed E-state index contributed by atoms with van der Waals surface area (Å²) in [5.41, 5.74) is 0.346. The van der Waals surface area contributed by atoms with E-state index < -0.39 is 0 Å². The molecule has 1 aliphatic rings. The summed E-state index contributed by atoms with van der Waals surface area (Å²) in [6.07, 6.45) is 4.43. The first-order valence-corrected chi connectivity index (χ1v) is 6.46. The van der Waals surface area contributed by atoms with Gasteiger partial charge in [-0.1, -0.05) is 11.6 Å². The van der Waals surface area contributed by atoms with Crippen molar-refractivity contribution in [2.24, 2.45) is 0 Å². The fourth-order valence-corrected chi connectivity index (χ4v) is 2.29. The number of rotatable bonds is 5. The Morgan fingerprint density at radius 1 is 1.61 bits per heavy atom. The van der Waals surface area contributed by atoms with Crippen molar-refractivity contribution in [1.29, 1.82) is 0 Å². The second kappa shape index (κ2) is 6.11. The Kier molecular flexibility index (Phi) is 4.49. The zero-order chi connectivity index (χ0) is 13.0. The minimum atomic E-state index is 0.195. The molecule has 1 fully saturated rings. The summed E-state index contributed by atoms with van der Waals surface area (Å²) in [5, 5.41) is 0.195. The van der Waals surface area contributed by atoms with Gasteiger partial charge in [-0.05, 0) is 19.8 Å². The number of nitrogens with zero attached hydrogens (tertiary/aromatic N) is 3. The number of halogens is 1. The molecule has 98 valence electrons. The maximum atomic E-state index is 11.1. The highest BCUT2D eigenvalue weighted by atomic mass is 35.5. The quantitative estimate of drug-likeness (QED) is 0.604. The van der Waals surface area contributed by atoms with E-state index in [-0.39, 0.29) is 11.3 Å². The van der Waals surface area contributed by atoms with Crippen molar-refractivity contribution < 1.29 is 9.53 Å². The Labute approximate surface area is 111 Å². The number of ether oxygens (including phenoxy) is 1. The van der Waals surface area contributed by atoms with E-state index in [9.17, 15) is 4.79 Å². The van der Waals surface area contributed by atoms with Crippen LogP contribution in [0.15, 0.2) is 6.33 Å². The number of likely N-dealkylation sites (N-methyl/N-ethyl adjacent to an activating group) is 1. The predicted octanol–water partition coefficient (Wildman–Crippen LogP) is 1.95. The second-order valence-electron chi connectivity index (χ2n) is 4.19. The summed E-state index contributed by atoms with van der Waals surface area (Å²) < 4.78 is 5.60. The van der Waals surface area contributed by atoms with Gasteiger partial charge in [0.05, 0.1) is 11.7 Å². The standard InChI is InChI=1S/C12H16ClN3O2/c1-2-16(6-9-4-3-5-18-9)12-10(7-17)11(13)14-8-15-12/h7-9H,2-6H2,1H3. The number of aldehydes is 1. The van der Waals surface area contributed by atoms with Gasteiger partial charge in [0.1, 0.15) is 17.3 Å². The van der Waals surface area contributed by atoms with Gasteiger partial charge in [0.25, 0.3) is 0 Å². The monoisotopic (exact) mass is 269 g/mol. The van der Waals surface area contributed by atoms with Crippen molar-refractivity contribution in [2.75, 3.05) is 24.6 Å². The number of carbonyl (C=O) groups excluding carboxylic acids is 1. The minimum absolute atomic E-state index is 0.195. The van der Waals surface area contributed by atoms with E-state index in [1.165, 1.54) is 6.33 Å². The molecule has 0 saturated carbocycles. The lowest BCUT2D eigenvalue weighted by atomic mass is 10.2. The van der Waals surface area contributed by atoms with Crippen molar-refractivity contribution in [2.45, 2.75) is 25.9 Å². The second-order valence-corrected chi connectivity index (χ2v) is 4.55. The van der Waals surface area contributed by atoms with Crippen LogP contribution in [-0.4, -0.2) is 42.1 Å². The molecule has 1 aromatic rings. The van der Waals surface area contributed by atoms with Gasteiger partial charge in [-0.3, -0.25) is 4.79 Å². The Morgan fingerprint density at radius 3 is 3.06 bits per heavy atom. The van der Waals surface area contributed by atoms with E-state index in [4.69, 9.17) is 16.3 Å². The highest BCUT2D eigenvalue weighted by molar-refractivity contribution is 6.32. The number of hydrogen-bond donors (Lipinski definition) is 0. The van der Waals surface area contributed by atoms with Crippen molar-refractivity contribution >= 4 is 23.7 Å². The molecule has 1 aliphatic heterocycles. The Bertz CT molecular complexity index is 422. The molecule has 0 bridgehead atoms. The molecule has 0 N–H and O–H groups in total. The van der Waals surface area contributed by atoms with E-state index in [2.05, 4.69) is 9.97 Å². The van der Waals surface area contributed by atoms with E-state index in [1.807, 2.05) is 11.8 Å². The molecule has 1 unspecified atom stereocenters. The number of anilines is 1. The van der Waals surface area contributed by atoms with Crippen molar-refractivity contribution in [1.82, 2.24) is 9.97 Å². The van der Waals surface area contributed by atoms with Crippen molar-refractivity contribution in [3.63, 3.8) is 0 Å². The summed E-state index contributed by atoms with van der Waals surface area (Å²) in [6.45, 7) is 4.30. The van der Waals surface area contributed by atoms with E-state index in [0.717, 1.165) is 32.5 Å². The van der Waals surface area contributed by atoms with Gasteiger partial charge in [-0.2, -0.15) is 0 Å². The molecule has 6 heteroatoms. The summed E-state index contributed by atoms with van der Waals surface area (Å²) in [7, 11) is 0. The Morgan fingerprint density at radius 2 is 2.44 bits per heavy atom. The molecular weight excluding hydrogens is 254 g/mol. The minimum Gasteiger partial charge on any atom is -0.376 e. The summed E-state index contributed by atoms with van der Waals surface area (Å²) in [5.74, 6) is 0.586. The molecule has 2 rings (SSSR count). The van der Waals surface area contributed by atoms with Crippen LogP contribution < -0.4 is 4.90 Å². The van der Waals surface area contributed by atoms with Gasteiger partial charge < -0.3 is 9.64 Å². The number of hydrogen-bond acceptors (Lipinski definition) is 5. The smallest absolute Gasteiger partial charge is 0.156 e. The van der Waals surface area contributed by atoms with Gasteiger partial charge in [-0.15, -0.1) is 0 Å². The summed E-state index contributed by atoms with van der Waals surface area (Å²) >= 11 is 5.91. The van der Waals surface area contributed by atoms with Gasteiger partial charge in [-0.25, -0.2) is 9.97 Å². The third-order valence-electron chi connectivity index (χ3n) is 3.06. The average Bonchev–Trinajstić information content (AvgIpc) is 2.88. The van der Waals surface area contributed by atoms with Gasteiger partial charge in [0, 0.05) is 19.7 Å². The first-order chi connectivity index (χ1) is 8.76. The van der Waals surface area contributed by atoms with Gasteiger partial charge in [0.15, 0.2) is 6.29 Å². The Hall–Kier alpha value is -1.20. The van der Waals surface area contributed by atoms with Crippen LogP contribution in [0.2, 0.25) is 5.15 Å². The highest BCUT2D eigenvalue weighted by Crippen LogP contribution is 2.23. The fraction of sp³-hybridized carbons (Fsp3) is 0.583. The number of aromatic nitrogens is 2. The maximum absolute atomic E-state index is 11.1. The molecule has 18 heavy (non-hydrogen) atoms. The van der Waals surface area contributed by atoms with E-state index >= 15 is 0 Å². The van der Waals surface area contributed by atoms with Crippen LogP contribution in [0.1, 0.15) is 30.1 Å². The lowest BCUT2D eigenvalue weighted by Gasteiger charge is -2.25. The van der Waals surface area contributed by atoms with Crippen molar-refractivity contribution in [3.8, 4) is 0 Å². The van der Waals surface area contributed by atoms with Crippen LogP contribution in [0.4, 0.5) is 5.82 Å². The number of carbonyl (C=O) groups is 1. The molecular formula is C12H16ClN3O2. The van der Waals surface area contributed by atoms with E-state index in [0.29, 0.717) is 17.7 Å². The third-order valence-corrected chi connectivity index (χ3v) is 3.36.